The molecule has 3 nitrogen and oxygen atoms in total. The van der Waals surface area contributed by atoms with Crippen LogP contribution in [0.15, 0.2) is 24.8 Å². The Hall–Kier alpha value is -1.48. The molecular formula is C16H25NO2. The predicted octanol–water partition coefficient (Wildman–Crippen LogP) is 2.97. The van der Waals surface area contributed by atoms with E-state index in [9.17, 15) is 5.11 Å². The topological polar surface area (TPSA) is 41.5 Å². The molecule has 0 bridgehead atoms. The van der Waals surface area contributed by atoms with Crippen LogP contribution in [0.4, 0.5) is 0 Å². The number of benzene rings is 1. The Labute approximate surface area is 116 Å². The molecule has 1 aromatic carbocycles. The zero-order chi connectivity index (χ0) is 14.6. The largest absolute Gasteiger partial charge is 0.496 e. The van der Waals surface area contributed by atoms with Gasteiger partial charge in [-0.25, -0.2) is 0 Å². The summed E-state index contributed by atoms with van der Waals surface area (Å²) in [6, 6.07) is 5.88. The van der Waals surface area contributed by atoms with Gasteiger partial charge in [0.05, 0.1) is 19.3 Å². The average Bonchev–Trinajstić information content (AvgIpc) is 2.38. The monoisotopic (exact) mass is 263 g/mol. The van der Waals surface area contributed by atoms with Gasteiger partial charge in [-0.3, -0.25) is 0 Å². The summed E-state index contributed by atoms with van der Waals surface area (Å²) in [7, 11) is 1.66. The molecule has 19 heavy (non-hydrogen) atoms. The highest BCUT2D eigenvalue weighted by Gasteiger charge is 2.28. The lowest BCUT2D eigenvalue weighted by molar-refractivity contribution is 0.149. The second-order valence-electron chi connectivity index (χ2n) is 5.47. The van der Waals surface area contributed by atoms with Crippen molar-refractivity contribution < 1.29 is 9.84 Å². The predicted molar refractivity (Wildman–Crippen MR) is 80.2 cm³/mol. The van der Waals surface area contributed by atoms with Crippen molar-refractivity contribution in [1.29, 1.82) is 0 Å². The van der Waals surface area contributed by atoms with Crippen LogP contribution >= 0.6 is 0 Å². The summed E-state index contributed by atoms with van der Waals surface area (Å²) in [4.78, 5) is 0. The fraction of sp³-hybridized carbons (Fsp3) is 0.500. The van der Waals surface area contributed by atoms with E-state index in [4.69, 9.17) is 4.74 Å². The third kappa shape index (κ3) is 3.29. The van der Waals surface area contributed by atoms with Crippen molar-refractivity contribution in [2.75, 3.05) is 13.7 Å². The summed E-state index contributed by atoms with van der Waals surface area (Å²) in [5, 5.41) is 12.9. The van der Waals surface area contributed by atoms with Crippen molar-refractivity contribution >= 4 is 5.70 Å². The molecule has 1 aromatic rings. The molecular weight excluding hydrogens is 238 g/mol. The quantitative estimate of drug-likeness (QED) is 0.829. The van der Waals surface area contributed by atoms with E-state index in [0.717, 1.165) is 22.6 Å². The molecule has 1 atom stereocenters. The maximum atomic E-state index is 9.59. The van der Waals surface area contributed by atoms with Gasteiger partial charge in [-0.15, -0.1) is 0 Å². The molecule has 2 N–H and O–H groups in total. The summed E-state index contributed by atoms with van der Waals surface area (Å²) in [5.41, 5.74) is 2.49. The lowest BCUT2D eigenvalue weighted by Gasteiger charge is -2.35. The molecule has 0 aliphatic rings. The molecule has 3 heteroatoms. The summed E-state index contributed by atoms with van der Waals surface area (Å²) in [6.07, 6.45) is 0. The first-order valence-electron chi connectivity index (χ1n) is 6.57. The molecule has 0 fully saturated rings. The van der Waals surface area contributed by atoms with Gasteiger partial charge in [0.15, 0.2) is 0 Å². The van der Waals surface area contributed by atoms with Crippen molar-refractivity contribution in [3.8, 4) is 5.75 Å². The molecule has 0 saturated heterocycles. The highest BCUT2D eigenvalue weighted by molar-refractivity contribution is 5.67. The molecule has 0 amide bonds. The van der Waals surface area contributed by atoms with Gasteiger partial charge in [-0.05, 0) is 25.8 Å². The number of ether oxygens (including phenoxy) is 1. The Morgan fingerprint density at radius 1 is 1.47 bits per heavy atom. The molecule has 0 aliphatic carbocycles. The summed E-state index contributed by atoms with van der Waals surface area (Å²) in [5.74, 6) is 1.14. The Kier molecular flexibility index (Phi) is 5.01. The first-order valence-corrected chi connectivity index (χ1v) is 6.57. The Bertz CT molecular complexity index is 454. The maximum absolute atomic E-state index is 9.59. The summed E-state index contributed by atoms with van der Waals surface area (Å²) < 4.78 is 5.32. The smallest absolute Gasteiger partial charge is 0.122 e. The lowest BCUT2D eigenvalue weighted by atomic mass is 9.88. The van der Waals surface area contributed by atoms with E-state index in [1.807, 2.05) is 32.0 Å². The van der Waals surface area contributed by atoms with Crippen molar-refractivity contribution in [3.05, 3.63) is 35.9 Å². The van der Waals surface area contributed by atoms with Crippen LogP contribution in [-0.4, -0.2) is 24.4 Å². The SMILES string of the molecule is C=C(NC(C)(CO)C(C)C)c1cccc(OC)c1C. The van der Waals surface area contributed by atoms with Gasteiger partial charge >= 0.3 is 0 Å². The molecule has 0 aliphatic heterocycles. The lowest BCUT2D eigenvalue weighted by Crippen LogP contribution is -2.49. The van der Waals surface area contributed by atoms with E-state index in [1.54, 1.807) is 7.11 Å². The fourth-order valence-electron chi connectivity index (χ4n) is 1.94. The molecule has 1 rings (SSSR count). The number of nitrogens with one attached hydrogen (secondary N) is 1. The van der Waals surface area contributed by atoms with Crippen molar-refractivity contribution in [3.63, 3.8) is 0 Å². The van der Waals surface area contributed by atoms with Crippen molar-refractivity contribution in [2.24, 2.45) is 5.92 Å². The van der Waals surface area contributed by atoms with Gasteiger partial charge in [0.2, 0.25) is 0 Å². The average molecular weight is 263 g/mol. The van der Waals surface area contributed by atoms with Crippen molar-refractivity contribution in [1.82, 2.24) is 5.32 Å². The molecule has 0 spiro atoms. The van der Waals surface area contributed by atoms with Crippen LogP contribution in [0, 0.1) is 12.8 Å². The molecule has 0 radical (unpaired) electrons. The second-order valence-corrected chi connectivity index (χ2v) is 5.47. The van der Waals surface area contributed by atoms with E-state index in [0.29, 0.717) is 5.92 Å². The Morgan fingerprint density at radius 3 is 2.58 bits per heavy atom. The maximum Gasteiger partial charge on any atom is 0.122 e. The Morgan fingerprint density at radius 2 is 2.11 bits per heavy atom. The standard InChI is InChI=1S/C16H25NO2/c1-11(2)16(5,10-18)17-13(4)14-8-7-9-15(19-6)12(14)3/h7-9,11,17-18H,4,10H2,1-3,5-6H3. The van der Waals surface area contributed by atoms with Crippen LogP contribution < -0.4 is 10.1 Å². The van der Waals surface area contributed by atoms with Crippen LogP contribution in [0.2, 0.25) is 0 Å². The molecule has 0 aromatic heterocycles. The van der Waals surface area contributed by atoms with E-state index in [-0.39, 0.29) is 12.1 Å². The summed E-state index contributed by atoms with van der Waals surface area (Å²) in [6.45, 7) is 12.3. The van der Waals surface area contributed by atoms with E-state index in [1.165, 1.54) is 0 Å². The Balaban J connectivity index is 3.02. The van der Waals surface area contributed by atoms with Gasteiger partial charge in [0, 0.05) is 16.8 Å². The van der Waals surface area contributed by atoms with Gasteiger partial charge in [0.1, 0.15) is 5.75 Å². The van der Waals surface area contributed by atoms with Crippen LogP contribution in [0.5, 0.6) is 5.75 Å². The van der Waals surface area contributed by atoms with E-state index < -0.39 is 0 Å². The van der Waals surface area contributed by atoms with Gasteiger partial charge in [0.25, 0.3) is 0 Å². The van der Waals surface area contributed by atoms with Gasteiger partial charge < -0.3 is 15.2 Å². The number of hydrogen-bond acceptors (Lipinski definition) is 3. The fourth-order valence-corrected chi connectivity index (χ4v) is 1.94. The third-order valence-corrected chi connectivity index (χ3v) is 3.87. The second kappa shape index (κ2) is 6.11. The number of methoxy groups -OCH3 is 1. The van der Waals surface area contributed by atoms with Gasteiger partial charge in [-0.1, -0.05) is 32.6 Å². The highest BCUT2D eigenvalue weighted by atomic mass is 16.5. The van der Waals surface area contributed by atoms with E-state index in [2.05, 4.69) is 25.7 Å². The third-order valence-electron chi connectivity index (χ3n) is 3.87. The number of aliphatic hydroxyl groups is 1. The normalized spacial score (nSPS) is 14.1. The zero-order valence-corrected chi connectivity index (χ0v) is 12.6. The van der Waals surface area contributed by atoms with Crippen LogP contribution in [-0.2, 0) is 0 Å². The summed E-state index contributed by atoms with van der Waals surface area (Å²) >= 11 is 0. The first kappa shape index (κ1) is 15.6. The minimum atomic E-state index is -0.382. The molecule has 106 valence electrons. The number of aliphatic hydroxyl groups excluding tert-OH is 1. The molecule has 0 saturated carbocycles. The molecule has 1 unspecified atom stereocenters. The van der Waals surface area contributed by atoms with Crippen molar-refractivity contribution in [2.45, 2.75) is 33.2 Å². The van der Waals surface area contributed by atoms with Crippen LogP contribution in [0.25, 0.3) is 5.70 Å². The highest BCUT2D eigenvalue weighted by Crippen LogP contribution is 2.27. The zero-order valence-electron chi connectivity index (χ0n) is 12.6. The van der Waals surface area contributed by atoms with Crippen LogP contribution in [0.1, 0.15) is 31.9 Å². The van der Waals surface area contributed by atoms with Gasteiger partial charge in [-0.2, -0.15) is 0 Å². The minimum Gasteiger partial charge on any atom is -0.496 e. The molecule has 0 heterocycles. The number of hydrogen-bond donors (Lipinski definition) is 2. The first-order chi connectivity index (χ1) is 8.85. The van der Waals surface area contributed by atoms with E-state index >= 15 is 0 Å². The number of rotatable bonds is 6. The van der Waals surface area contributed by atoms with Crippen LogP contribution in [0.3, 0.4) is 0 Å². The minimum absolute atomic E-state index is 0.0622.